The van der Waals surface area contributed by atoms with Crippen LogP contribution >= 0.6 is 0 Å². The van der Waals surface area contributed by atoms with E-state index in [1.165, 1.54) is 33.3 Å². The number of hydrogen-bond acceptors (Lipinski definition) is 5. The largest absolute Gasteiger partial charge is 0.492 e. The number of ether oxygens (including phenoxy) is 2. The lowest BCUT2D eigenvalue weighted by Crippen LogP contribution is -2.02. The lowest BCUT2D eigenvalue weighted by molar-refractivity contribution is -0.385. The van der Waals surface area contributed by atoms with Crippen molar-refractivity contribution in [3.63, 3.8) is 0 Å². The summed E-state index contributed by atoms with van der Waals surface area (Å²) in [5, 5.41) is 10.7. The van der Waals surface area contributed by atoms with Crippen LogP contribution in [0, 0.1) is 10.1 Å². The molecule has 0 radical (unpaired) electrons. The highest BCUT2D eigenvalue weighted by molar-refractivity contribution is 5.98. The van der Waals surface area contributed by atoms with Crippen molar-refractivity contribution in [2.24, 2.45) is 0 Å². The zero-order valence-corrected chi connectivity index (χ0v) is 9.14. The molecule has 0 N–H and O–H groups in total. The molecule has 0 atom stereocenters. The van der Waals surface area contributed by atoms with Crippen LogP contribution in [-0.2, 0) is 0 Å². The Morgan fingerprint density at radius 3 is 2.19 bits per heavy atom. The van der Waals surface area contributed by atoms with Gasteiger partial charge in [-0.1, -0.05) is 0 Å². The molecule has 6 heteroatoms. The summed E-state index contributed by atoms with van der Waals surface area (Å²) in [6.07, 6.45) is 0. The minimum atomic E-state index is -0.592. The van der Waals surface area contributed by atoms with E-state index in [0.29, 0.717) is 0 Å². The molecular weight excluding hydrogens is 214 g/mol. The van der Waals surface area contributed by atoms with Gasteiger partial charge in [0.1, 0.15) is 0 Å². The number of rotatable bonds is 4. The standard InChI is InChI=1S/C10H11NO5/c1-6(12)7-4-5-8(11(13)14)10(16-3)9(7)15-2/h4-5H,1-3H3. The lowest BCUT2D eigenvalue weighted by Gasteiger charge is -2.10. The third-order valence-corrected chi connectivity index (χ3v) is 2.08. The molecule has 0 unspecified atom stereocenters. The van der Waals surface area contributed by atoms with Crippen LogP contribution in [0.1, 0.15) is 17.3 Å². The van der Waals surface area contributed by atoms with Gasteiger partial charge in [-0.2, -0.15) is 0 Å². The molecule has 1 aromatic rings. The van der Waals surface area contributed by atoms with E-state index in [4.69, 9.17) is 9.47 Å². The monoisotopic (exact) mass is 225 g/mol. The summed E-state index contributed by atoms with van der Waals surface area (Å²) in [7, 11) is 2.61. The first kappa shape index (κ1) is 12.0. The number of nitrogens with zero attached hydrogens (tertiary/aromatic N) is 1. The maximum absolute atomic E-state index is 11.3. The number of hydrogen-bond donors (Lipinski definition) is 0. The fourth-order valence-corrected chi connectivity index (χ4v) is 1.37. The Labute approximate surface area is 91.9 Å². The van der Waals surface area contributed by atoms with Gasteiger partial charge in [-0.3, -0.25) is 14.9 Å². The van der Waals surface area contributed by atoms with Crippen molar-refractivity contribution >= 4 is 11.5 Å². The second-order valence-electron chi connectivity index (χ2n) is 3.01. The van der Waals surface area contributed by atoms with E-state index < -0.39 is 4.92 Å². The summed E-state index contributed by atoms with van der Waals surface area (Å²) in [6.45, 7) is 1.35. The Morgan fingerprint density at radius 2 is 1.81 bits per heavy atom. The van der Waals surface area contributed by atoms with Gasteiger partial charge in [-0.25, -0.2) is 0 Å². The number of methoxy groups -OCH3 is 2. The normalized spacial score (nSPS) is 9.69. The third kappa shape index (κ3) is 1.95. The van der Waals surface area contributed by atoms with E-state index in [-0.39, 0.29) is 28.5 Å². The molecule has 0 aliphatic carbocycles. The number of carbonyl (C=O) groups is 1. The summed E-state index contributed by atoms with van der Waals surface area (Å²) < 4.78 is 9.87. The molecule has 86 valence electrons. The molecule has 0 saturated heterocycles. The summed E-state index contributed by atoms with van der Waals surface area (Å²) in [5.74, 6) is -0.200. The average molecular weight is 225 g/mol. The molecule has 0 heterocycles. The second kappa shape index (κ2) is 4.61. The lowest BCUT2D eigenvalue weighted by atomic mass is 10.1. The second-order valence-corrected chi connectivity index (χ2v) is 3.01. The van der Waals surface area contributed by atoms with Crippen molar-refractivity contribution in [3.8, 4) is 11.5 Å². The Morgan fingerprint density at radius 1 is 1.25 bits per heavy atom. The third-order valence-electron chi connectivity index (χ3n) is 2.08. The number of Topliss-reactive ketones (excluding diaryl/α,β-unsaturated/α-hetero) is 1. The first-order valence-corrected chi connectivity index (χ1v) is 4.43. The van der Waals surface area contributed by atoms with Gasteiger partial charge in [0, 0.05) is 6.07 Å². The predicted molar refractivity (Wildman–Crippen MR) is 56.2 cm³/mol. The molecule has 0 amide bonds. The first-order chi connectivity index (χ1) is 7.52. The summed E-state index contributed by atoms with van der Waals surface area (Å²) in [6, 6.07) is 2.57. The molecule has 1 rings (SSSR count). The Bertz CT molecular complexity index is 400. The molecule has 0 spiro atoms. The number of carbonyl (C=O) groups excluding carboxylic acids is 1. The van der Waals surface area contributed by atoms with Crippen LogP contribution in [0.25, 0.3) is 0 Å². The summed E-state index contributed by atoms with van der Waals surface area (Å²) in [4.78, 5) is 21.4. The summed E-state index contributed by atoms with van der Waals surface area (Å²) >= 11 is 0. The Kier molecular flexibility index (Phi) is 3.44. The van der Waals surface area contributed by atoms with Crippen LogP contribution in [0.2, 0.25) is 0 Å². The highest BCUT2D eigenvalue weighted by Crippen LogP contribution is 2.39. The van der Waals surface area contributed by atoms with Gasteiger partial charge in [-0.15, -0.1) is 0 Å². The SMILES string of the molecule is COc1c(C(C)=O)ccc([N+](=O)[O-])c1OC. The minimum Gasteiger partial charge on any atom is -0.492 e. The zero-order chi connectivity index (χ0) is 12.3. The van der Waals surface area contributed by atoms with Crippen molar-refractivity contribution < 1.29 is 19.2 Å². The van der Waals surface area contributed by atoms with E-state index in [1.807, 2.05) is 0 Å². The molecule has 0 aliphatic rings. The number of nitro benzene ring substituents is 1. The number of ketones is 1. The van der Waals surface area contributed by atoms with Gasteiger partial charge in [0.25, 0.3) is 0 Å². The quantitative estimate of drug-likeness (QED) is 0.443. The zero-order valence-electron chi connectivity index (χ0n) is 9.14. The van der Waals surface area contributed by atoms with Gasteiger partial charge in [0.2, 0.25) is 5.75 Å². The van der Waals surface area contributed by atoms with Crippen molar-refractivity contribution in [2.75, 3.05) is 14.2 Å². The molecule has 1 aromatic carbocycles. The van der Waals surface area contributed by atoms with Gasteiger partial charge >= 0.3 is 5.69 Å². The van der Waals surface area contributed by atoms with E-state index in [2.05, 4.69) is 0 Å². The van der Waals surface area contributed by atoms with E-state index in [9.17, 15) is 14.9 Å². The number of nitro groups is 1. The molecule has 16 heavy (non-hydrogen) atoms. The van der Waals surface area contributed by atoms with Crippen LogP contribution in [-0.4, -0.2) is 24.9 Å². The Hall–Kier alpha value is -2.11. The van der Waals surface area contributed by atoms with Crippen LogP contribution in [0.15, 0.2) is 12.1 Å². The van der Waals surface area contributed by atoms with Crippen LogP contribution in [0.5, 0.6) is 11.5 Å². The van der Waals surface area contributed by atoms with Gasteiger partial charge in [0.15, 0.2) is 11.5 Å². The van der Waals surface area contributed by atoms with Crippen molar-refractivity contribution in [1.82, 2.24) is 0 Å². The highest BCUT2D eigenvalue weighted by atomic mass is 16.6. The van der Waals surface area contributed by atoms with E-state index >= 15 is 0 Å². The predicted octanol–water partition coefficient (Wildman–Crippen LogP) is 1.81. The smallest absolute Gasteiger partial charge is 0.314 e. The molecule has 0 saturated carbocycles. The van der Waals surface area contributed by atoms with Crippen molar-refractivity contribution in [2.45, 2.75) is 6.92 Å². The maximum Gasteiger partial charge on any atom is 0.314 e. The van der Waals surface area contributed by atoms with Crippen LogP contribution in [0.3, 0.4) is 0 Å². The number of benzene rings is 1. The molecule has 0 aromatic heterocycles. The topological polar surface area (TPSA) is 78.7 Å². The van der Waals surface area contributed by atoms with Crippen LogP contribution in [0.4, 0.5) is 5.69 Å². The minimum absolute atomic E-state index is 0.0415. The molecular formula is C10H11NO5. The van der Waals surface area contributed by atoms with Crippen LogP contribution < -0.4 is 9.47 Å². The van der Waals surface area contributed by atoms with Crippen molar-refractivity contribution in [1.29, 1.82) is 0 Å². The first-order valence-electron chi connectivity index (χ1n) is 4.43. The van der Waals surface area contributed by atoms with Gasteiger partial charge < -0.3 is 9.47 Å². The molecule has 0 aliphatic heterocycles. The van der Waals surface area contributed by atoms with Crippen molar-refractivity contribution in [3.05, 3.63) is 27.8 Å². The maximum atomic E-state index is 11.3. The summed E-state index contributed by atoms with van der Waals surface area (Å²) in [5.41, 5.74) is 0.0225. The molecule has 6 nitrogen and oxygen atoms in total. The van der Waals surface area contributed by atoms with Gasteiger partial charge in [-0.05, 0) is 13.0 Å². The highest BCUT2D eigenvalue weighted by Gasteiger charge is 2.24. The molecule has 0 bridgehead atoms. The fraction of sp³-hybridized carbons (Fsp3) is 0.300. The van der Waals surface area contributed by atoms with E-state index in [1.54, 1.807) is 0 Å². The molecule has 0 fully saturated rings. The Balaban J connectivity index is 3.52. The average Bonchev–Trinajstić information content (AvgIpc) is 2.26. The van der Waals surface area contributed by atoms with Gasteiger partial charge in [0.05, 0.1) is 24.7 Å². The van der Waals surface area contributed by atoms with E-state index in [0.717, 1.165) is 0 Å². The fourth-order valence-electron chi connectivity index (χ4n) is 1.37.